The first-order chi connectivity index (χ1) is 21.8. The summed E-state index contributed by atoms with van der Waals surface area (Å²) in [4.78, 5) is 49.1. The van der Waals surface area contributed by atoms with Gasteiger partial charge >= 0.3 is 0 Å². The molecule has 2 aromatic carbocycles. The second-order valence-electron chi connectivity index (χ2n) is 12.0. The highest BCUT2D eigenvalue weighted by molar-refractivity contribution is 9.09. The van der Waals surface area contributed by atoms with Crippen molar-refractivity contribution in [2.75, 3.05) is 31.1 Å². The zero-order chi connectivity index (χ0) is 32.1. The number of aliphatic hydroxyl groups excluding tert-OH is 1. The highest BCUT2D eigenvalue weighted by Crippen LogP contribution is 2.68. The second-order valence-corrected chi connectivity index (χ2v) is 15.2. The lowest BCUT2D eigenvalue weighted by atomic mass is 9.70. The fourth-order valence-corrected chi connectivity index (χ4v) is 11.0. The summed E-state index contributed by atoms with van der Waals surface area (Å²) in [5.41, 5.74) is 1.69. The summed E-state index contributed by atoms with van der Waals surface area (Å²) in [7, 11) is 0. The Kier molecular flexibility index (Phi) is 11.2. The molecule has 0 aliphatic carbocycles. The largest absolute Gasteiger partial charge is 0.396 e. The van der Waals surface area contributed by atoms with Crippen LogP contribution in [-0.2, 0) is 20.9 Å². The molecule has 0 saturated carbocycles. The predicted molar refractivity (Wildman–Crippen MR) is 186 cm³/mol. The van der Waals surface area contributed by atoms with Crippen LogP contribution in [-0.4, -0.2) is 79.7 Å². The van der Waals surface area contributed by atoms with Gasteiger partial charge in [-0.05, 0) is 49.1 Å². The Hall–Kier alpha value is -2.59. The molecule has 2 bridgehead atoms. The Bertz CT molecular complexity index is 1400. The van der Waals surface area contributed by atoms with Gasteiger partial charge in [-0.25, -0.2) is 0 Å². The van der Waals surface area contributed by atoms with Crippen molar-refractivity contribution in [3.63, 3.8) is 0 Å². The number of fused-ring (bicyclic) bond motifs is 1. The van der Waals surface area contributed by atoms with E-state index in [4.69, 9.17) is 11.6 Å². The third-order valence-corrected chi connectivity index (χ3v) is 12.7. The van der Waals surface area contributed by atoms with Crippen molar-refractivity contribution in [2.24, 2.45) is 11.8 Å². The number of aliphatic hydroxyl groups is 1. The number of carbonyl (C=O) groups is 3. The molecule has 3 aliphatic heterocycles. The van der Waals surface area contributed by atoms with Crippen LogP contribution in [0.3, 0.4) is 0 Å². The third-order valence-electron chi connectivity index (χ3n) is 9.21. The molecule has 10 heteroatoms. The average molecular weight is 715 g/mol. The quantitative estimate of drug-likeness (QED) is 0.137. The van der Waals surface area contributed by atoms with Crippen molar-refractivity contribution < 1.29 is 19.5 Å². The lowest BCUT2D eigenvalue weighted by molar-refractivity contribution is -0.144. The Labute approximate surface area is 283 Å². The minimum Gasteiger partial charge on any atom is -0.396 e. The van der Waals surface area contributed by atoms with Gasteiger partial charge < -0.3 is 19.8 Å². The third kappa shape index (κ3) is 6.64. The maximum atomic E-state index is 14.8. The van der Waals surface area contributed by atoms with Crippen LogP contribution in [0.1, 0.15) is 37.7 Å². The first kappa shape index (κ1) is 33.8. The first-order valence-corrected chi connectivity index (χ1v) is 17.8. The summed E-state index contributed by atoms with van der Waals surface area (Å²) in [6.45, 7) is 9.41. The SMILES string of the molecule is C=CCN(Cc1ccccc1)C(=O)[C@H]1[C@H]2C(=O)N(CCCCCCO)C(C(=O)N(CC=C)c3ccc(Cl)cc3)C23CC(Br)[C@@H]1S3. The Morgan fingerprint density at radius 1 is 1.02 bits per heavy atom. The molecule has 6 atom stereocenters. The van der Waals surface area contributed by atoms with E-state index >= 15 is 0 Å². The number of carbonyl (C=O) groups excluding carboxylic acids is 3. The smallest absolute Gasteiger partial charge is 0.251 e. The molecule has 1 spiro atoms. The number of unbranched alkanes of at least 4 members (excludes halogenated alkanes) is 3. The van der Waals surface area contributed by atoms with Crippen molar-refractivity contribution in [2.45, 2.75) is 59.5 Å². The number of anilines is 1. The number of alkyl halides is 1. The molecule has 240 valence electrons. The standard InChI is InChI=1S/C35H41BrClN3O4S/c1-3-18-38(23-24-12-8-7-9-13-24)32(42)28-29-33(43)40(20-10-5-6-11-21-41)31(35(29)22-27(36)30(28)45-35)34(44)39(19-4-2)26-16-14-25(37)15-17-26/h3-4,7-9,12-17,27-31,41H,1-2,5-6,10-11,18-23H2/t27?,28-,29-,30-,31?,35?/m0/s1. The maximum Gasteiger partial charge on any atom is 0.251 e. The van der Waals surface area contributed by atoms with Crippen LogP contribution in [0.25, 0.3) is 0 Å². The van der Waals surface area contributed by atoms with Gasteiger partial charge in [0.15, 0.2) is 0 Å². The van der Waals surface area contributed by atoms with E-state index in [0.29, 0.717) is 49.6 Å². The van der Waals surface area contributed by atoms with Crippen LogP contribution in [0.15, 0.2) is 79.9 Å². The van der Waals surface area contributed by atoms with Gasteiger partial charge in [-0.1, -0.05) is 82.9 Å². The van der Waals surface area contributed by atoms with Crippen molar-refractivity contribution in [1.82, 2.24) is 9.80 Å². The molecule has 3 fully saturated rings. The lowest BCUT2D eigenvalue weighted by Crippen LogP contribution is -2.56. The van der Waals surface area contributed by atoms with E-state index in [2.05, 4.69) is 29.1 Å². The van der Waals surface area contributed by atoms with Gasteiger partial charge in [0.25, 0.3) is 5.91 Å². The van der Waals surface area contributed by atoms with Gasteiger partial charge in [0.05, 0.1) is 16.6 Å². The van der Waals surface area contributed by atoms with Gasteiger partial charge in [-0.15, -0.1) is 24.9 Å². The van der Waals surface area contributed by atoms with Gasteiger partial charge in [0, 0.05) is 53.6 Å². The average Bonchev–Trinajstić information content (AvgIpc) is 3.63. The van der Waals surface area contributed by atoms with E-state index in [9.17, 15) is 19.5 Å². The van der Waals surface area contributed by atoms with Crippen molar-refractivity contribution in [3.8, 4) is 0 Å². The van der Waals surface area contributed by atoms with Gasteiger partial charge in [-0.3, -0.25) is 14.4 Å². The minimum absolute atomic E-state index is 0.0222. The van der Waals surface area contributed by atoms with E-state index in [0.717, 1.165) is 18.4 Å². The van der Waals surface area contributed by atoms with E-state index in [1.807, 2.05) is 42.5 Å². The zero-order valence-corrected chi connectivity index (χ0v) is 28.6. The van der Waals surface area contributed by atoms with Crippen molar-refractivity contribution in [1.29, 1.82) is 0 Å². The molecule has 0 aromatic heterocycles. The Morgan fingerprint density at radius 3 is 2.38 bits per heavy atom. The normalized spacial score (nSPS) is 26.5. The highest BCUT2D eigenvalue weighted by Gasteiger charge is 2.76. The summed E-state index contributed by atoms with van der Waals surface area (Å²) in [6.07, 6.45) is 7.11. The molecule has 7 nitrogen and oxygen atoms in total. The summed E-state index contributed by atoms with van der Waals surface area (Å²) >= 11 is 11.7. The zero-order valence-electron chi connectivity index (χ0n) is 25.4. The van der Waals surface area contributed by atoms with Crippen molar-refractivity contribution >= 4 is 62.7 Å². The van der Waals surface area contributed by atoms with Gasteiger partial charge in [-0.2, -0.15) is 0 Å². The number of rotatable bonds is 15. The molecular weight excluding hydrogens is 674 g/mol. The number of likely N-dealkylation sites (tertiary alicyclic amines) is 1. The lowest BCUT2D eigenvalue weighted by Gasteiger charge is -2.38. The first-order valence-electron chi connectivity index (χ1n) is 15.6. The second kappa shape index (κ2) is 14.9. The number of hydrogen-bond donors (Lipinski definition) is 1. The molecule has 3 saturated heterocycles. The number of nitrogens with zero attached hydrogens (tertiary/aromatic N) is 3. The summed E-state index contributed by atoms with van der Waals surface area (Å²) in [5.74, 6) is -1.54. The fourth-order valence-electron chi connectivity index (χ4n) is 7.30. The number of halogens is 2. The Morgan fingerprint density at radius 2 is 1.71 bits per heavy atom. The van der Waals surface area contributed by atoms with E-state index in [-0.39, 0.29) is 41.0 Å². The molecular formula is C35H41BrClN3O4S. The van der Waals surface area contributed by atoms with E-state index in [1.54, 1.807) is 50.7 Å². The van der Waals surface area contributed by atoms with Crippen LogP contribution < -0.4 is 4.90 Å². The van der Waals surface area contributed by atoms with Crippen LogP contribution in [0.4, 0.5) is 5.69 Å². The van der Waals surface area contributed by atoms with E-state index < -0.39 is 22.6 Å². The number of amides is 3. The molecule has 45 heavy (non-hydrogen) atoms. The number of benzene rings is 2. The highest BCUT2D eigenvalue weighted by atomic mass is 79.9. The molecule has 3 heterocycles. The molecule has 3 aliphatic rings. The van der Waals surface area contributed by atoms with Gasteiger partial charge in [0.1, 0.15) is 6.04 Å². The summed E-state index contributed by atoms with van der Waals surface area (Å²) < 4.78 is -0.753. The molecule has 0 radical (unpaired) electrons. The molecule has 5 rings (SSSR count). The number of hydrogen-bond acceptors (Lipinski definition) is 5. The minimum atomic E-state index is -0.753. The molecule has 3 unspecified atom stereocenters. The summed E-state index contributed by atoms with van der Waals surface area (Å²) in [5, 5.41) is 9.68. The van der Waals surface area contributed by atoms with Crippen LogP contribution >= 0.6 is 39.3 Å². The molecule has 3 amide bonds. The summed E-state index contributed by atoms with van der Waals surface area (Å²) in [6, 6.07) is 16.2. The molecule has 2 aromatic rings. The molecule has 1 N–H and O–H groups in total. The van der Waals surface area contributed by atoms with Gasteiger partial charge in [0.2, 0.25) is 11.8 Å². The van der Waals surface area contributed by atoms with Crippen LogP contribution in [0.2, 0.25) is 5.02 Å². The topological polar surface area (TPSA) is 81.2 Å². The number of thioether (sulfide) groups is 1. The monoisotopic (exact) mass is 713 g/mol. The fraction of sp³-hybridized carbons (Fsp3) is 0.457. The van der Waals surface area contributed by atoms with Crippen LogP contribution in [0.5, 0.6) is 0 Å². The van der Waals surface area contributed by atoms with Crippen LogP contribution in [0, 0.1) is 11.8 Å². The van der Waals surface area contributed by atoms with Crippen molar-refractivity contribution in [3.05, 3.63) is 90.5 Å². The Balaban J connectivity index is 1.52. The predicted octanol–water partition coefficient (Wildman–Crippen LogP) is 6.09. The van der Waals surface area contributed by atoms with E-state index in [1.165, 1.54) is 0 Å². The maximum absolute atomic E-state index is 14.8.